The van der Waals surface area contributed by atoms with Crippen molar-refractivity contribution in [3.8, 4) is 17.2 Å². The number of aliphatic hydroxyl groups is 1. The van der Waals surface area contributed by atoms with Crippen LogP contribution in [0.3, 0.4) is 0 Å². The van der Waals surface area contributed by atoms with Gasteiger partial charge in [-0.25, -0.2) is 4.79 Å². The second-order valence-electron chi connectivity index (χ2n) is 6.01. The summed E-state index contributed by atoms with van der Waals surface area (Å²) in [6, 6.07) is 5.88. The van der Waals surface area contributed by atoms with Gasteiger partial charge in [-0.15, -0.1) is 0 Å². The van der Waals surface area contributed by atoms with Gasteiger partial charge in [0.2, 0.25) is 5.91 Å². The number of carboxylic acids is 1. The first kappa shape index (κ1) is 25.1. The van der Waals surface area contributed by atoms with Crippen molar-refractivity contribution in [1.29, 1.82) is 0 Å². The van der Waals surface area contributed by atoms with E-state index in [1.54, 1.807) is 24.3 Å². The number of nitrogens with one attached hydrogen (secondary N) is 1. The van der Waals surface area contributed by atoms with Gasteiger partial charge in [0.25, 0.3) is 0 Å². The Bertz CT molecular complexity index is 904. The van der Waals surface area contributed by atoms with E-state index < -0.39 is 24.0 Å². The minimum absolute atomic E-state index is 0.0646. The predicted molar refractivity (Wildman–Crippen MR) is 140 cm³/mol. The third-order valence-corrected chi connectivity index (χ3v) is 6.95. The van der Waals surface area contributed by atoms with Gasteiger partial charge in [0.05, 0.1) is 14.3 Å². The number of aliphatic carboxylic acids is 1. The van der Waals surface area contributed by atoms with Gasteiger partial charge in [0.15, 0.2) is 5.75 Å². The zero-order valence-electron chi connectivity index (χ0n) is 14.7. The first-order chi connectivity index (χ1) is 13.5. The number of carbonyl (C=O) groups excluding carboxylic acids is 1. The van der Waals surface area contributed by atoms with Crippen LogP contribution in [0.4, 0.5) is 0 Å². The number of benzene rings is 2. The maximum atomic E-state index is 11.7. The molecule has 2 atom stereocenters. The van der Waals surface area contributed by atoms with Crippen LogP contribution in [0.25, 0.3) is 0 Å². The number of aromatic hydroxyl groups is 1. The van der Waals surface area contributed by atoms with Crippen LogP contribution in [-0.2, 0) is 16.0 Å². The normalized spacial score (nSPS) is 12.9. The molecule has 0 heterocycles. The number of hydrogen-bond donors (Lipinski definition) is 4. The fraction of sp³-hybridized carbons (Fsp3) is 0.222. The lowest BCUT2D eigenvalue weighted by molar-refractivity contribution is -0.143. The van der Waals surface area contributed by atoms with E-state index in [0.29, 0.717) is 24.2 Å². The molecule has 0 radical (unpaired) electrons. The van der Waals surface area contributed by atoms with Crippen molar-refractivity contribution in [3.05, 3.63) is 44.1 Å². The summed E-state index contributed by atoms with van der Waals surface area (Å²) in [5.74, 6) is -0.520. The van der Waals surface area contributed by atoms with Gasteiger partial charge in [-0.05, 0) is 127 Å². The second kappa shape index (κ2) is 10.9. The van der Waals surface area contributed by atoms with Crippen molar-refractivity contribution in [3.63, 3.8) is 0 Å². The highest BCUT2D eigenvalue weighted by Gasteiger charge is 2.23. The maximum Gasteiger partial charge on any atom is 0.326 e. The Kier molecular flexibility index (Phi) is 9.48. The number of phenols is 1. The number of rotatable bonds is 7. The van der Waals surface area contributed by atoms with E-state index in [0.717, 1.165) is 7.14 Å². The molecule has 4 N–H and O–H groups in total. The number of carboxylic acid groups (broad SMARTS) is 1. The summed E-state index contributed by atoms with van der Waals surface area (Å²) in [5, 5.41) is 30.9. The van der Waals surface area contributed by atoms with Gasteiger partial charge in [0.1, 0.15) is 23.6 Å². The minimum atomic E-state index is -1.29. The van der Waals surface area contributed by atoms with Gasteiger partial charge < -0.3 is 25.4 Å². The zero-order chi connectivity index (χ0) is 21.9. The van der Waals surface area contributed by atoms with Gasteiger partial charge in [-0.3, -0.25) is 4.79 Å². The molecule has 0 fully saturated rings. The van der Waals surface area contributed by atoms with Crippen molar-refractivity contribution < 1.29 is 29.6 Å². The van der Waals surface area contributed by atoms with E-state index in [1.807, 2.05) is 45.2 Å². The largest absolute Gasteiger partial charge is 0.506 e. The van der Waals surface area contributed by atoms with Crippen LogP contribution in [0.1, 0.15) is 12.5 Å². The SMILES string of the molecule is CC(O)C(=O)N[C@@H](Cc1cc(I)c(Oc2cc(I)c(O)c(I)c2)c(I)c1)C(=O)O. The van der Waals surface area contributed by atoms with Crippen LogP contribution in [0.15, 0.2) is 24.3 Å². The number of hydrogen-bond acceptors (Lipinski definition) is 5. The molecule has 0 aromatic heterocycles. The number of halogens is 4. The van der Waals surface area contributed by atoms with Crippen LogP contribution >= 0.6 is 90.4 Å². The summed E-state index contributed by atoms with van der Waals surface area (Å²) in [6.07, 6.45) is -1.22. The topological polar surface area (TPSA) is 116 Å². The summed E-state index contributed by atoms with van der Waals surface area (Å²) in [4.78, 5) is 23.1. The Morgan fingerprint density at radius 3 is 2.00 bits per heavy atom. The molecular weight excluding hydrogens is 834 g/mol. The Morgan fingerprint density at radius 2 is 1.55 bits per heavy atom. The van der Waals surface area contributed by atoms with Crippen LogP contribution in [0.2, 0.25) is 0 Å². The highest BCUT2D eigenvalue weighted by molar-refractivity contribution is 14.1. The number of amides is 1. The lowest BCUT2D eigenvalue weighted by Gasteiger charge is -2.17. The van der Waals surface area contributed by atoms with Crippen molar-refractivity contribution in [2.24, 2.45) is 0 Å². The van der Waals surface area contributed by atoms with Gasteiger partial charge in [-0.2, -0.15) is 0 Å². The minimum Gasteiger partial charge on any atom is -0.506 e. The highest BCUT2D eigenvalue weighted by atomic mass is 127. The molecule has 1 amide bonds. The second-order valence-corrected chi connectivity index (χ2v) is 10.7. The lowest BCUT2D eigenvalue weighted by atomic mass is 10.1. The summed E-state index contributed by atoms with van der Waals surface area (Å²) < 4.78 is 8.89. The van der Waals surface area contributed by atoms with Gasteiger partial charge in [-0.1, -0.05) is 0 Å². The fourth-order valence-electron chi connectivity index (χ4n) is 2.27. The van der Waals surface area contributed by atoms with Gasteiger partial charge in [0, 0.05) is 6.42 Å². The summed E-state index contributed by atoms with van der Waals surface area (Å²) >= 11 is 8.27. The molecule has 0 saturated heterocycles. The quantitative estimate of drug-likeness (QED) is 0.313. The molecule has 7 nitrogen and oxygen atoms in total. The molecular formula is C18H15I4NO6. The molecule has 156 valence electrons. The third-order valence-electron chi connectivity index (χ3n) is 3.70. The van der Waals surface area contributed by atoms with E-state index in [1.165, 1.54) is 6.92 Å². The Morgan fingerprint density at radius 1 is 1.03 bits per heavy atom. The number of ether oxygens (including phenoxy) is 1. The summed E-state index contributed by atoms with van der Waals surface area (Å²) in [6.45, 7) is 1.28. The van der Waals surface area contributed by atoms with Crippen molar-refractivity contribution in [2.75, 3.05) is 0 Å². The smallest absolute Gasteiger partial charge is 0.326 e. The average Bonchev–Trinajstić information content (AvgIpc) is 2.61. The van der Waals surface area contributed by atoms with Crippen molar-refractivity contribution >= 4 is 102 Å². The molecule has 0 aliphatic carbocycles. The first-order valence-corrected chi connectivity index (χ1v) is 12.4. The fourth-order valence-corrected chi connectivity index (χ4v) is 6.10. The van der Waals surface area contributed by atoms with E-state index in [9.17, 15) is 24.9 Å². The molecule has 0 saturated carbocycles. The molecule has 11 heteroatoms. The number of phenolic OH excluding ortho intramolecular Hbond substituents is 1. The molecule has 2 aromatic carbocycles. The maximum absolute atomic E-state index is 11.7. The summed E-state index contributed by atoms with van der Waals surface area (Å²) in [5.41, 5.74) is 0.708. The predicted octanol–water partition coefficient (Wildman–Crippen LogP) is 4.10. The zero-order valence-corrected chi connectivity index (χ0v) is 23.4. The molecule has 1 unspecified atom stereocenters. The molecule has 0 aliphatic rings. The number of aliphatic hydroxyl groups excluding tert-OH is 1. The Labute approximate surface area is 221 Å². The van der Waals surface area contributed by atoms with E-state index in [4.69, 9.17) is 4.74 Å². The summed E-state index contributed by atoms with van der Waals surface area (Å²) in [7, 11) is 0. The molecule has 2 rings (SSSR count). The molecule has 0 spiro atoms. The molecule has 2 aromatic rings. The lowest BCUT2D eigenvalue weighted by Crippen LogP contribution is -2.45. The Balaban J connectivity index is 2.26. The van der Waals surface area contributed by atoms with Gasteiger partial charge >= 0.3 is 5.97 Å². The number of carbonyl (C=O) groups is 2. The van der Waals surface area contributed by atoms with Crippen LogP contribution in [0, 0.1) is 14.3 Å². The monoisotopic (exact) mass is 849 g/mol. The third kappa shape index (κ3) is 6.93. The first-order valence-electron chi connectivity index (χ1n) is 8.04. The van der Waals surface area contributed by atoms with E-state index in [2.05, 4.69) is 50.5 Å². The Hall–Kier alpha value is -0.140. The molecule has 29 heavy (non-hydrogen) atoms. The van der Waals surface area contributed by atoms with Crippen molar-refractivity contribution in [2.45, 2.75) is 25.5 Å². The van der Waals surface area contributed by atoms with Crippen molar-refractivity contribution in [1.82, 2.24) is 5.32 Å². The average molecular weight is 849 g/mol. The molecule has 0 bridgehead atoms. The molecule has 0 aliphatic heterocycles. The van der Waals surface area contributed by atoms with Crippen LogP contribution in [-0.4, -0.2) is 39.3 Å². The highest BCUT2D eigenvalue weighted by Crippen LogP contribution is 2.37. The van der Waals surface area contributed by atoms with Crippen LogP contribution in [0.5, 0.6) is 17.2 Å². The van der Waals surface area contributed by atoms with Crippen LogP contribution < -0.4 is 10.1 Å². The standard InChI is InChI=1S/C18H15I4NO6/c1-7(24)17(26)23-14(18(27)28)4-8-2-12(21)16(13(22)3-8)29-9-5-10(19)15(25)11(20)6-9/h2-3,5-7,14,24-25H,4H2,1H3,(H,23,26)(H,27,28)/t7?,14-/m0/s1. The van der Waals surface area contributed by atoms with E-state index >= 15 is 0 Å². The van der Waals surface area contributed by atoms with E-state index in [-0.39, 0.29) is 12.2 Å².